The molecule has 1 aromatic rings. The monoisotopic (exact) mass is 247 g/mol. The van der Waals surface area contributed by atoms with Gasteiger partial charge in [-0.3, -0.25) is 4.39 Å². The van der Waals surface area contributed by atoms with E-state index in [9.17, 15) is 4.39 Å². The van der Waals surface area contributed by atoms with Crippen molar-refractivity contribution in [3.05, 3.63) is 28.8 Å². The molecule has 0 spiro atoms. The summed E-state index contributed by atoms with van der Waals surface area (Å²) in [6.07, 6.45) is 0.337. The van der Waals surface area contributed by atoms with E-state index in [1.54, 1.807) is 18.2 Å². The van der Waals surface area contributed by atoms with Crippen molar-refractivity contribution in [3.63, 3.8) is 0 Å². The number of hydrogen-bond acceptors (Lipinski definition) is 2. The highest BCUT2D eigenvalue weighted by molar-refractivity contribution is 7.80. The molecule has 5 heteroatoms. The second kappa shape index (κ2) is 5.88. The average Bonchev–Trinajstić information content (AvgIpc) is 2.18. The topological polar surface area (TPSA) is 35.2 Å². The highest BCUT2D eigenvalue weighted by Crippen LogP contribution is 2.23. The number of rotatable bonds is 5. The van der Waals surface area contributed by atoms with E-state index >= 15 is 0 Å². The number of halogens is 2. The van der Waals surface area contributed by atoms with Crippen LogP contribution in [0.25, 0.3) is 0 Å². The summed E-state index contributed by atoms with van der Waals surface area (Å²) in [5.74, 6) is 0.503. The SMILES string of the molecule is NC(=S)c1ccc(Cl)cc1OCCCF. The van der Waals surface area contributed by atoms with E-state index in [4.69, 9.17) is 34.3 Å². The summed E-state index contributed by atoms with van der Waals surface area (Å²) in [5, 5.41) is 0.533. The number of alkyl halides is 1. The molecule has 82 valence electrons. The standard InChI is InChI=1S/C10H11ClFNOS/c11-7-2-3-8(10(13)15)9(6-7)14-5-1-4-12/h2-3,6H,1,4-5H2,(H2,13,15). The maximum absolute atomic E-state index is 11.9. The van der Waals surface area contributed by atoms with Crippen LogP contribution in [0.2, 0.25) is 5.02 Å². The minimum absolute atomic E-state index is 0.238. The Labute approximate surface area is 98.2 Å². The van der Waals surface area contributed by atoms with Gasteiger partial charge in [0.25, 0.3) is 0 Å². The van der Waals surface area contributed by atoms with Crippen LogP contribution in [-0.2, 0) is 0 Å². The van der Waals surface area contributed by atoms with Crippen LogP contribution in [0.1, 0.15) is 12.0 Å². The van der Waals surface area contributed by atoms with Gasteiger partial charge in [0.1, 0.15) is 10.7 Å². The lowest BCUT2D eigenvalue weighted by Gasteiger charge is -2.10. The van der Waals surface area contributed by atoms with Gasteiger partial charge in [-0.25, -0.2) is 0 Å². The normalized spacial score (nSPS) is 10.0. The highest BCUT2D eigenvalue weighted by atomic mass is 35.5. The fourth-order valence-electron chi connectivity index (χ4n) is 1.06. The first-order valence-corrected chi connectivity index (χ1v) is 5.22. The lowest BCUT2D eigenvalue weighted by atomic mass is 10.2. The molecule has 0 fully saturated rings. The zero-order valence-corrected chi connectivity index (χ0v) is 9.58. The Bertz CT molecular complexity index is 359. The van der Waals surface area contributed by atoms with Gasteiger partial charge in [-0.1, -0.05) is 23.8 Å². The molecular formula is C10H11ClFNOS. The van der Waals surface area contributed by atoms with Gasteiger partial charge in [-0.05, 0) is 18.2 Å². The molecule has 0 bridgehead atoms. The first-order valence-electron chi connectivity index (χ1n) is 4.43. The van der Waals surface area contributed by atoms with Crippen LogP contribution in [0, 0.1) is 0 Å². The van der Waals surface area contributed by atoms with Gasteiger partial charge in [0.2, 0.25) is 0 Å². The molecule has 0 aliphatic carbocycles. The maximum atomic E-state index is 11.9. The van der Waals surface area contributed by atoms with Crippen molar-refractivity contribution < 1.29 is 9.13 Å². The lowest BCUT2D eigenvalue weighted by molar-refractivity contribution is 0.289. The third-order valence-electron chi connectivity index (χ3n) is 1.74. The summed E-state index contributed by atoms with van der Waals surface area (Å²) in [6.45, 7) is -0.130. The largest absolute Gasteiger partial charge is 0.493 e. The second-order valence-corrected chi connectivity index (χ2v) is 3.77. The number of thiocarbonyl (C=S) groups is 1. The van der Waals surface area contributed by atoms with Crippen LogP contribution >= 0.6 is 23.8 Å². The summed E-state index contributed by atoms with van der Waals surface area (Å²) >= 11 is 10.6. The van der Waals surface area contributed by atoms with Crippen molar-refractivity contribution in [2.75, 3.05) is 13.3 Å². The van der Waals surface area contributed by atoms with E-state index in [1.807, 2.05) is 0 Å². The van der Waals surface area contributed by atoms with Gasteiger partial charge in [0.05, 0.1) is 18.8 Å². The van der Waals surface area contributed by atoms with Crippen LogP contribution in [0.15, 0.2) is 18.2 Å². The number of ether oxygens (including phenoxy) is 1. The predicted molar refractivity (Wildman–Crippen MR) is 63.4 cm³/mol. The van der Waals surface area contributed by atoms with E-state index in [2.05, 4.69) is 0 Å². The molecule has 0 saturated heterocycles. The van der Waals surface area contributed by atoms with Crippen molar-refractivity contribution >= 4 is 28.8 Å². The second-order valence-electron chi connectivity index (χ2n) is 2.90. The molecule has 0 amide bonds. The fraction of sp³-hybridized carbons (Fsp3) is 0.300. The summed E-state index contributed by atoms with van der Waals surface area (Å²) in [6, 6.07) is 4.99. The van der Waals surface area contributed by atoms with Crippen LogP contribution in [0.5, 0.6) is 5.75 Å². The Kier molecular flexibility index (Phi) is 4.78. The number of hydrogen-bond donors (Lipinski definition) is 1. The third kappa shape index (κ3) is 3.64. The van der Waals surface area contributed by atoms with Crippen molar-refractivity contribution in [2.45, 2.75) is 6.42 Å². The van der Waals surface area contributed by atoms with E-state index in [1.165, 1.54) is 0 Å². The smallest absolute Gasteiger partial charge is 0.130 e. The number of nitrogens with two attached hydrogens (primary N) is 1. The Morgan fingerprint density at radius 1 is 1.53 bits per heavy atom. The van der Waals surface area contributed by atoms with Crippen LogP contribution in [-0.4, -0.2) is 18.3 Å². The maximum Gasteiger partial charge on any atom is 0.130 e. The number of benzene rings is 1. The van der Waals surface area contributed by atoms with Crippen LogP contribution in [0.3, 0.4) is 0 Å². The highest BCUT2D eigenvalue weighted by Gasteiger charge is 2.06. The van der Waals surface area contributed by atoms with Crippen molar-refractivity contribution in [1.82, 2.24) is 0 Å². The first-order chi connectivity index (χ1) is 7.15. The van der Waals surface area contributed by atoms with E-state index in [0.717, 1.165) is 0 Å². The molecular weight excluding hydrogens is 237 g/mol. The quantitative estimate of drug-likeness (QED) is 0.642. The Morgan fingerprint density at radius 2 is 2.27 bits per heavy atom. The molecule has 1 aromatic carbocycles. The van der Waals surface area contributed by atoms with Crippen LogP contribution < -0.4 is 10.5 Å². The average molecular weight is 248 g/mol. The Hall–Kier alpha value is -0.870. The fourth-order valence-corrected chi connectivity index (χ4v) is 1.39. The van der Waals surface area contributed by atoms with Crippen molar-refractivity contribution in [3.8, 4) is 5.75 Å². The predicted octanol–water partition coefficient (Wildman–Crippen LogP) is 2.71. The van der Waals surface area contributed by atoms with Gasteiger partial charge in [-0.15, -0.1) is 0 Å². The molecule has 15 heavy (non-hydrogen) atoms. The van der Waals surface area contributed by atoms with Gasteiger partial charge in [0, 0.05) is 11.4 Å². The molecule has 0 aliphatic heterocycles. The molecule has 2 nitrogen and oxygen atoms in total. The molecule has 0 aromatic heterocycles. The lowest BCUT2D eigenvalue weighted by Crippen LogP contribution is -2.12. The molecule has 0 saturated carbocycles. The minimum atomic E-state index is -0.414. The van der Waals surface area contributed by atoms with E-state index in [-0.39, 0.29) is 11.6 Å². The molecule has 0 unspecified atom stereocenters. The van der Waals surface area contributed by atoms with Crippen molar-refractivity contribution in [1.29, 1.82) is 0 Å². The first kappa shape index (κ1) is 12.2. The van der Waals surface area contributed by atoms with E-state index < -0.39 is 6.67 Å². The van der Waals surface area contributed by atoms with Gasteiger partial charge in [-0.2, -0.15) is 0 Å². The summed E-state index contributed by atoms with van der Waals surface area (Å²) in [7, 11) is 0. The van der Waals surface area contributed by atoms with Gasteiger partial charge >= 0.3 is 0 Å². The zero-order valence-electron chi connectivity index (χ0n) is 8.00. The van der Waals surface area contributed by atoms with Crippen LogP contribution in [0.4, 0.5) is 4.39 Å². The molecule has 0 heterocycles. The molecule has 2 N–H and O–H groups in total. The third-order valence-corrected chi connectivity index (χ3v) is 2.20. The van der Waals surface area contributed by atoms with Crippen molar-refractivity contribution in [2.24, 2.45) is 5.73 Å². The zero-order chi connectivity index (χ0) is 11.3. The summed E-state index contributed by atoms with van der Waals surface area (Å²) < 4.78 is 17.2. The Morgan fingerprint density at radius 3 is 2.87 bits per heavy atom. The molecule has 0 aliphatic rings. The molecule has 0 radical (unpaired) electrons. The van der Waals surface area contributed by atoms with Gasteiger partial charge in [0.15, 0.2) is 0 Å². The Balaban J connectivity index is 2.82. The summed E-state index contributed by atoms with van der Waals surface area (Å²) in [5.41, 5.74) is 6.12. The molecule has 1 rings (SSSR count). The molecule has 0 atom stereocenters. The van der Waals surface area contributed by atoms with E-state index in [0.29, 0.717) is 22.8 Å². The van der Waals surface area contributed by atoms with Gasteiger partial charge < -0.3 is 10.5 Å². The minimum Gasteiger partial charge on any atom is -0.493 e. The summed E-state index contributed by atoms with van der Waals surface area (Å²) in [4.78, 5) is 0.238.